The monoisotopic (exact) mass is 356 g/mol. The zero-order valence-corrected chi connectivity index (χ0v) is 15.8. The SMILES string of the molecule is CCCn1nc(C(=O)NCC(c2ccccc2)N(CC)CC)ccc1=O. The van der Waals surface area contributed by atoms with Crippen LogP contribution in [0, 0.1) is 0 Å². The van der Waals surface area contributed by atoms with Gasteiger partial charge in [-0.3, -0.25) is 14.5 Å². The molecule has 140 valence electrons. The first-order valence-corrected chi connectivity index (χ1v) is 9.26. The van der Waals surface area contributed by atoms with Crippen LogP contribution < -0.4 is 10.9 Å². The first-order valence-electron chi connectivity index (χ1n) is 9.26. The Morgan fingerprint density at radius 3 is 2.42 bits per heavy atom. The fourth-order valence-corrected chi connectivity index (χ4v) is 3.02. The number of nitrogens with zero attached hydrogens (tertiary/aromatic N) is 3. The van der Waals surface area contributed by atoms with Gasteiger partial charge in [-0.1, -0.05) is 51.1 Å². The highest BCUT2D eigenvalue weighted by Gasteiger charge is 2.19. The van der Waals surface area contributed by atoms with Gasteiger partial charge in [0.1, 0.15) is 5.69 Å². The lowest BCUT2D eigenvalue weighted by atomic mass is 10.1. The number of carbonyl (C=O) groups excluding carboxylic acids is 1. The molecule has 0 spiro atoms. The summed E-state index contributed by atoms with van der Waals surface area (Å²) in [6, 6.07) is 13.1. The molecule has 1 aromatic heterocycles. The molecule has 1 atom stereocenters. The number of aromatic nitrogens is 2. The average molecular weight is 356 g/mol. The minimum atomic E-state index is -0.261. The maximum Gasteiger partial charge on any atom is 0.271 e. The zero-order chi connectivity index (χ0) is 18.9. The molecule has 0 fully saturated rings. The summed E-state index contributed by atoms with van der Waals surface area (Å²) in [5, 5.41) is 7.15. The van der Waals surface area contributed by atoms with Gasteiger partial charge in [-0.2, -0.15) is 5.10 Å². The highest BCUT2D eigenvalue weighted by Crippen LogP contribution is 2.19. The molecule has 0 radical (unpaired) electrons. The number of benzene rings is 1. The molecule has 1 amide bonds. The molecule has 2 aromatic rings. The topological polar surface area (TPSA) is 67.2 Å². The Bertz CT molecular complexity index is 754. The lowest BCUT2D eigenvalue weighted by molar-refractivity contribution is 0.0927. The Balaban J connectivity index is 2.14. The summed E-state index contributed by atoms with van der Waals surface area (Å²) in [5.41, 5.74) is 1.25. The van der Waals surface area contributed by atoms with E-state index < -0.39 is 0 Å². The number of hydrogen-bond donors (Lipinski definition) is 1. The molecule has 2 rings (SSSR count). The van der Waals surface area contributed by atoms with E-state index in [1.165, 1.54) is 22.4 Å². The second-order valence-electron chi connectivity index (χ2n) is 6.14. The fraction of sp³-hybridized carbons (Fsp3) is 0.450. The van der Waals surface area contributed by atoms with Gasteiger partial charge in [-0.25, -0.2) is 4.68 Å². The Labute approximate surface area is 154 Å². The van der Waals surface area contributed by atoms with Crippen LogP contribution in [0.2, 0.25) is 0 Å². The lowest BCUT2D eigenvalue weighted by Crippen LogP contribution is -2.38. The molecule has 26 heavy (non-hydrogen) atoms. The minimum Gasteiger partial charge on any atom is -0.349 e. The second kappa shape index (κ2) is 9.87. The molecule has 1 aromatic carbocycles. The number of likely N-dealkylation sites (N-methyl/N-ethyl adjacent to an activating group) is 1. The summed E-state index contributed by atoms with van der Waals surface area (Å²) in [6.07, 6.45) is 0.788. The summed E-state index contributed by atoms with van der Waals surface area (Å²) in [5.74, 6) is -0.261. The van der Waals surface area contributed by atoms with Gasteiger partial charge in [0, 0.05) is 19.2 Å². The van der Waals surface area contributed by atoms with Crippen molar-refractivity contribution < 1.29 is 4.79 Å². The highest BCUT2D eigenvalue weighted by atomic mass is 16.2. The maximum absolute atomic E-state index is 12.5. The standard InChI is InChI=1S/C20H28N4O2/c1-4-14-24-19(25)13-12-17(22-24)20(26)21-15-18(23(5-2)6-3)16-10-8-7-9-11-16/h7-13,18H,4-6,14-15H2,1-3H3,(H,21,26). The Kier molecular flexibility index (Phi) is 7.53. The maximum atomic E-state index is 12.5. The van der Waals surface area contributed by atoms with Crippen LogP contribution in [0.5, 0.6) is 0 Å². The van der Waals surface area contributed by atoms with Crippen LogP contribution in [0.25, 0.3) is 0 Å². The van der Waals surface area contributed by atoms with Crippen molar-refractivity contribution in [1.82, 2.24) is 20.0 Å². The lowest BCUT2D eigenvalue weighted by Gasteiger charge is -2.30. The molecule has 0 saturated heterocycles. The van der Waals surface area contributed by atoms with Crippen molar-refractivity contribution in [2.24, 2.45) is 0 Å². The van der Waals surface area contributed by atoms with Gasteiger partial charge < -0.3 is 5.32 Å². The van der Waals surface area contributed by atoms with E-state index in [0.717, 1.165) is 19.5 Å². The van der Waals surface area contributed by atoms with Gasteiger partial charge >= 0.3 is 0 Å². The molecule has 6 heteroatoms. The quantitative estimate of drug-likeness (QED) is 0.749. The van der Waals surface area contributed by atoms with E-state index in [2.05, 4.69) is 41.3 Å². The van der Waals surface area contributed by atoms with Crippen LogP contribution in [0.1, 0.15) is 49.3 Å². The summed E-state index contributed by atoms with van der Waals surface area (Å²) in [4.78, 5) is 26.6. The fourth-order valence-electron chi connectivity index (χ4n) is 3.02. The Hall–Kier alpha value is -2.47. The number of nitrogens with one attached hydrogen (secondary N) is 1. The molecule has 0 aliphatic carbocycles. The third-order valence-corrected chi connectivity index (χ3v) is 4.43. The van der Waals surface area contributed by atoms with E-state index in [1.807, 2.05) is 25.1 Å². The molecule has 0 saturated carbocycles. The van der Waals surface area contributed by atoms with Crippen LogP contribution in [0.3, 0.4) is 0 Å². The Morgan fingerprint density at radius 1 is 1.12 bits per heavy atom. The highest BCUT2D eigenvalue weighted by molar-refractivity contribution is 5.92. The first-order chi connectivity index (χ1) is 12.6. The van der Waals surface area contributed by atoms with Gasteiger partial charge in [0.2, 0.25) is 0 Å². The normalized spacial score (nSPS) is 12.2. The van der Waals surface area contributed by atoms with Crippen LogP contribution in [0.4, 0.5) is 0 Å². The summed E-state index contributed by atoms with van der Waals surface area (Å²) in [7, 11) is 0. The van der Waals surface area contributed by atoms with Gasteiger partial charge in [-0.05, 0) is 31.1 Å². The smallest absolute Gasteiger partial charge is 0.271 e. The molecular formula is C20H28N4O2. The number of carbonyl (C=O) groups is 1. The van der Waals surface area contributed by atoms with Crippen LogP contribution in [0.15, 0.2) is 47.3 Å². The summed E-state index contributed by atoms with van der Waals surface area (Å²) < 4.78 is 1.34. The summed E-state index contributed by atoms with van der Waals surface area (Å²) in [6.45, 7) is 8.98. The molecule has 1 heterocycles. The van der Waals surface area contributed by atoms with Crippen molar-refractivity contribution in [3.63, 3.8) is 0 Å². The summed E-state index contributed by atoms with van der Waals surface area (Å²) >= 11 is 0. The third-order valence-electron chi connectivity index (χ3n) is 4.43. The molecule has 0 bridgehead atoms. The van der Waals surface area contributed by atoms with E-state index in [9.17, 15) is 9.59 Å². The van der Waals surface area contributed by atoms with Crippen molar-refractivity contribution in [3.05, 3.63) is 64.1 Å². The van der Waals surface area contributed by atoms with Crippen LogP contribution >= 0.6 is 0 Å². The molecular weight excluding hydrogens is 328 g/mol. The predicted octanol–water partition coefficient (Wildman–Crippen LogP) is 2.47. The number of hydrogen-bond acceptors (Lipinski definition) is 4. The minimum absolute atomic E-state index is 0.0942. The Morgan fingerprint density at radius 2 is 1.81 bits per heavy atom. The molecule has 0 aliphatic heterocycles. The molecule has 6 nitrogen and oxygen atoms in total. The van der Waals surface area contributed by atoms with Crippen molar-refractivity contribution in [3.8, 4) is 0 Å². The molecule has 1 unspecified atom stereocenters. The third kappa shape index (κ3) is 5.02. The van der Waals surface area contributed by atoms with Crippen molar-refractivity contribution >= 4 is 5.91 Å². The van der Waals surface area contributed by atoms with Gasteiger partial charge in [0.15, 0.2) is 0 Å². The van der Waals surface area contributed by atoms with E-state index in [4.69, 9.17) is 0 Å². The van der Waals surface area contributed by atoms with E-state index >= 15 is 0 Å². The number of amides is 1. The van der Waals surface area contributed by atoms with E-state index in [-0.39, 0.29) is 23.2 Å². The van der Waals surface area contributed by atoms with E-state index in [0.29, 0.717) is 13.1 Å². The first kappa shape index (κ1) is 19.8. The molecule has 0 aliphatic rings. The number of rotatable bonds is 9. The van der Waals surface area contributed by atoms with Crippen molar-refractivity contribution in [1.29, 1.82) is 0 Å². The average Bonchev–Trinajstić information content (AvgIpc) is 2.67. The zero-order valence-electron chi connectivity index (χ0n) is 15.8. The van der Waals surface area contributed by atoms with Crippen LogP contribution in [-0.2, 0) is 6.54 Å². The van der Waals surface area contributed by atoms with Crippen molar-refractivity contribution in [2.45, 2.75) is 39.8 Å². The van der Waals surface area contributed by atoms with E-state index in [1.54, 1.807) is 0 Å². The van der Waals surface area contributed by atoms with Gasteiger partial charge in [0.05, 0.1) is 6.04 Å². The predicted molar refractivity (Wildman–Crippen MR) is 103 cm³/mol. The molecule has 1 N–H and O–H groups in total. The van der Waals surface area contributed by atoms with Gasteiger partial charge in [-0.15, -0.1) is 0 Å². The number of aryl methyl sites for hydroxylation is 1. The van der Waals surface area contributed by atoms with Crippen LogP contribution in [-0.4, -0.2) is 40.2 Å². The second-order valence-corrected chi connectivity index (χ2v) is 6.14. The largest absolute Gasteiger partial charge is 0.349 e. The van der Waals surface area contributed by atoms with Crippen molar-refractivity contribution in [2.75, 3.05) is 19.6 Å². The van der Waals surface area contributed by atoms with Gasteiger partial charge in [0.25, 0.3) is 11.5 Å².